The summed E-state index contributed by atoms with van der Waals surface area (Å²) < 4.78 is 5.79. The lowest BCUT2D eigenvalue weighted by molar-refractivity contribution is 0.0935. The molecule has 0 spiro atoms. The first-order valence-corrected chi connectivity index (χ1v) is 9.22. The number of hydrogen-bond acceptors (Lipinski definition) is 5. The van der Waals surface area contributed by atoms with Gasteiger partial charge in [0.2, 0.25) is 0 Å². The maximum absolute atomic E-state index is 12.4. The molecule has 22 heavy (non-hydrogen) atoms. The Morgan fingerprint density at radius 1 is 1.23 bits per heavy atom. The van der Waals surface area contributed by atoms with Crippen LogP contribution in [0.25, 0.3) is 0 Å². The van der Waals surface area contributed by atoms with Gasteiger partial charge in [0.25, 0.3) is 5.91 Å². The van der Waals surface area contributed by atoms with Crippen molar-refractivity contribution >= 4 is 28.6 Å². The molecule has 0 aliphatic carbocycles. The highest BCUT2D eigenvalue weighted by molar-refractivity contribution is 7.16. The van der Waals surface area contributed by atoms with Crippen LogP contribution >= 0.6 is 22.7 Å². The molecule has 0 aromatic carbocycles. The smallest absolute Gasteiger partial charge is 0.261 e. The monoisotopic (exact) mass is 334 g/mol. The van der Waals surface area contributed by atoms with Crippen LogP contribution in [-0.4, -0.2) is 24.0 Å². The molecule has 2 saturated heterocycles. The summed E-state index contributed by atoms with van der Waals surface area (Å²) in [7, 11) is 0. The van der Waals surface area contributed by atoms with Crippen molar-refractivity contribution in [1.82, 2.24) is 10.6 Å². The standard InChI is InChI=1S/C16H18N2O2S2/c1-9-2-6-14(21-9)20-15-7-5-13(22-15)16(19)18-12-8-10-3-4-11(12)17-10/h2,5-7,10-12,17H,3-4,8H2,1H3,(H,18,19). The molecular formula is C16H18N2O2S2. The molecule has 4 rings (SSSR count). The van der Waals surface area contributed by atoms with E-state index in [4.69, 9.17) is 4.74 Å². The van der Waals surface area contributed by atoms with Crippen LogP contribution in [0.2, 0.25) is 0 Å². The molecule has 3 atom stereocenters. The van der Waals surface area contributed by atoms with Gasteiger partial charge >= 0.3 is 0 Å². The van der Waals surface area contributed by atoms with Crippen LogP contribution in [0.5, 0.6) is 10.1 Å². The lowest BCUT2D eigenvalue weighted by Crippen LogP contribution is -2.42. The molecule has 3 unspecified atom stereocenters. The van der Waals surface area contributed by atoms with Crippen molar-refractivity contribution in [1.29, 1.82) is 0 Å². The Hall–Kier alpha value is -1.37. The van der Waals surface area contributed by atoms with Gasteiger partial charge in [-0.15, -0.1) is 11.3 Å². The first-order chi connectivity index (χ1) is 10.7. The molecular weight excluding hydrogens is 316 g/mol. The van der Waals surface area contributed by atoms with Crippen LogP contribution < -0.4 is 15.4 Å². The van der Waals surface area contributed by atoms with E-state index in [1.165, 1.54) is 29.1 Å². The maximum Gasteiger partial charge on any atom is 0.261 e. The van der Waals surface area contributed by atoms with Gasteiger partial charge in [-0.2, -0.15) is 0 Å². The first kappa shape index (κ1) is 14.2. The molecule has 6 heteroatoms. The van der Waals surface area contributed by atoms with Crippen molar-refractivity contribution in [3.8, 4) is 10.1 Å². The topological polar surface area (TPSA) is 50.4 Å². The van der Waals surface area contributed by atoms with Gasteiger partial charge in [-0.25, -0.2) is 0 Å². The molecule has 2 N–H and O–H groups in total. The van der Waals surface area contributed by atoms with Crippen LogP contribution in [0, 0.1) is 6.92 Å². The fourth-order valence-corrected chi connectivity index (χ4v) is 4.83. The van der Waals surface area contributed by atoms with E-state index in [1.54, 1.807) is 11.3 Å². The van der Waals surface area contributed by atoms with Crippen molar-refractivity contribution < 1.29 is 9.53 Å². The van der Waals surface area contributed by atoms with Gasteiger partial charge in [-0.3, -0.25) is 4.79 Å². The molecule has 2 bridgehead atoms. The highest BCUT2D eigenvalue weighted by atomic mass is 32.1. The van der Waals surface area contributed by atoms with Gasteiger partial charge < -0.3 is 15.4 Å². The van der Waals surface area contributed by atoms with Gasteiger partial charge in [0.15, 0.2) is 10.1 Å². The summed E-state index contributed by atoms with van der Waals surface area (Å²) in [6, 6.07) is 9.03. The second-order valence-electron chi connectivity index (χ2n) is 5.95. The van der Waals surface area contributed by atoms with Crippen LogP contribution in [0.1, 0.15) is 33.8 Å². The number of hydrogen-bond donors (Lipinski definition) is 2. The zero-order chi connectivity index (χ0) is 15.1. The molecule has 0 saturated carbocycles. The predicted octanol–water partition coefficient (Wildman–Crippen LogP) is 3.53. The lowest BCUT2D eigenvalue weighted by atomic mass is 9.95. The van der Waals surface area contributed by atoms with E-state index < -0.39 is 0 Å². The molecule has 4 nitrogen and oxygen atoms in total. The summed E-state index contributed by atoms with van der Waals surface area (Å²) in [6.45, 7) is 2.05. The number of carbonyl (C=O) groups is 1. The third-order valence-corrected chi connectivity index (χ3v) is 6.18. The molecule has 2 aliphatic heterocycles. The number of rotatable bonds is 4. The quantitative estimate of drug-likeness (QED) is 0.899. The number of carbonyl (C=O) groups excluding carboxylic acids is 1. The normalized spacial score (nSPS) is 26.3. The molecule has 4 heterocycles. The highest BCUT2D eigenvalue weighted by Gasteiger charge is 2.39. The van der Waals surface area contributed by atoms with Crippen LogP contribution in [0.4, 0.5) is 0 Å². The van der Waals surface area contributed by atoms with E-state index >= 15 is 0 Å². The van der Waals surface area contributed by atoms with E-state index in [-0.39, 0.29) is 11.9 Å². The van der Waals surface area contributed by atoms with Crippen LogP contribution in [0.3, 0.4) is 0 Å². The van der Waals surface area contributed by atoms with Crippen molar-refractivity contribution in [2.45, 2.75) is 44.3 Å². The summed E-state index contributed by atoms with van der Waals surface area (Å²) in [6.07, 6.45) is 3.47. The van der Waals surface area contributed by atoms with Crippen LogP contribution in [0.15, 0.2) is 24.3 Å². The minimum absolute atomic E-state index is 0.0153. The van der Waals surface area contributed by atoms with E-state index in [9.17, 15) is 4.79 Å². The van der Waals surface area contributed by atoms with Crippen molar-refractivity contribution in [2.24, 2.45) is 0 Å². The van der Waals surface area contributed by atoms with Crippen molar-refractivity contribution in [3.05, 3.63) is 34.0 Å². The third kappa shape index (κ3) is 2.78. The largest absolute Gasteiger partial charge is 0.436 e. The third-order valence-electron chi connectivity index (χ3n) is 4.34. The Morgan fingerprint density at radius 2 is 2.05 bits per heavy atom. The predicted molar refractivity (Wildman–Crippen MR) is 89.3 cm³/mol. The minimum atomic E-state index is 0.0153. The number of aryl methyl sites for hydroxylation is 1. The summed E-state index contributed by atoms with van der Waals surface area (Å²) in [5.74, 6) is 0.0153. The minimum Gasteiger partial charge on any atom is -0.436 e. The molecule has 1 amide bonds. The van der Waals surface area contributed by atoms with Gasteiger partial charge in [0, 0.05) is 23.0 Å². The summed E-state index contributed by atoms with van der Waals surface area (Å²) in [4.78, 5) is 14.3. The first-order valence-electron chi connectivity index (χ1n) is 7.58. The zero-order valence-electron chi connectivity index (χ0n) is 12.3. The average Bonchev–Trinajstić information content (AvgIpc) is 3.24. The summed E-state index contributed by atoms with van der Waals surface area (Å²) >= 11 is 3.01. The van der Waals surface area contributed by atoms with E-state index in [1.807, 2.05) is 31.2 Å². The second-order valence-corrected chi connectivity index (χ2v) is 8.25. The fourth-order valence-electron chi connectivity index (χ4n) is 3.29. The van der Waals surface area contributed by atoms with Gasteiger partial charge in [0.1, 0.15) is 0 Å². The Bertz CT molecular complexity index is 694. The Kier molecular flexibility index (Phi) is 3.68. The van der Waals surface area contributed by atoms with E-state index in [2.05, 4.69) is 10.6 Å². The second kappa shape index (κ2) is 5.68. The SMILES string of the molecule is Cc1ccc(Oc2ccc(C(=O)NC3CC4CCC3N4)s2)s1. The van der Waals surface area contributed by atoms with Crippen molar-refractivity contribution in [2.75, 3.05) is 0 Å². The number of thiophene rings is 2. The molecule has 2 aromatic rings. The van der Waals surface area contributed by atoms with Crippen LogP contribution in [-0.2, 0) is 0 Å². The molecule has 2 aliphatic rings. The summed E-state index contributed by atoms with van der Waals surface area (Å²) in [5.41, 5.74) is 0. The number of amides is 1. The molecule has 2 aromatic heterocycles. The van der Waals surface area contributed by atoms with E-state index in [0.29, 0.717) is 17.0 Å². The lowest BCUT2D eigenvalue weighted by Gasteiger charge is -2.20. The highest BCUT2D eigenvalue weighted by Crippen LogP contribution is 2.34. The Balaban J connectivity index is 1.39. The molecule has 116 valence electrons. The average molecular weight is 334 g/mol. The van der Waals surface area contributed by atoms with Gasteiger partial charge in [0.05, 0.1) is 4.88 Å². The maximum atomic E-state index is 12.4. The number of nitrogens with one attached hydrogen (secondary N) is 2. The number of ether oxygens (including phenoxy) is 1. The molecule has 0 radical (unpaired) electrons. The Morgan fingerprint density at radius 3 is 2.73 bits per heavy atom. The number of fused-ring (bicyclic) bond motifs is 2. The Labute approximate surface area is 137 Å². The fraction of sp³-hybridized carbons (Fsp3) is 0.438. The van der Waals surface area contributed by atoms with Crippen molar-refractivity contribution in [3.63, 3.8) is 0 Å². The molecule has 2 fully saturated rings. The van der Waals surface area contributed by atoms with Gasteiger partial charge in [-0.05, 0) is 50.5 Å². The zero-order valence-corrected chi connectivity index (χ0v) is 13.9. The summed E-state index contributed by atoms with van der Waals surface area (Å²) in [5, 5.41) is 8.33. The van der Waals surface area contributed by atoms with E-state index in [0.717, 1.165) is 16.5 Å². The van der Waals surface area contributed by atoms with Gasteiger partial charge in [-0.1, -0.05) is 11.3 Å².